The van der Waals surface area contributed by atoms with Gasteiger partial charge in [-0.2, -0.15) is 0 Å². The molecular formula is C30H34FN3O5. The Labute approximate surface area is 227 Å². The lowest BCUT2D eigenvalue weighted by Gasteiger charge is -2.32. The molecule has 1 aromatic heterocycles. The third-order valence-electron chi connectivity index (χ3n) is 7.13. The van der Waals surface area contributed by atoms with Gasteiger partial charge < -0.3 is 19.1 Å². The summed E-state index contributed by atoms with van der Waals surface area (Å²) in [5.74, 6) is -2.04. The molecule has 2 amide bonds. The predicted octanol–water partition coefficient (Wildman–Crippen LogP) is 4.30. The molecule has 1 fully saturated rings. The fraction of sp³-hybridized carbons (Fsp3) is 0.400. The van der Waals surface area contributed by atoms with Crippen molar-refractivity contribution in [3.05, 3.63) is 71.2 Å². The van der Waals surface area contributed by atoms with Gasteiger partial charge in [0.1, 0.15) is 5.82 Å². The molecule has 0 N–H and O–H groups in total. The molecule has 0 saturated carbocycles. The molecule has 1 aliphatic heterocycles. The SMILES string of the molecule is CC(C)C(=O)OCn1cc(C(=O)N2CCC(Cc3ccc(F)cc3)CC2)c2cc(C(=O)C(=O)N(C)C)ccc21. The normalized spacial score (nSPS) is 14.1. The maximum Gasteiger partial charge on any atom is 0.310 e. The molecule has 0 spiro atoms. The number of hydrogen-bond acceptors (Lipinski definition) is 5. The van der Waals surface area contributed by atoms with Crippen molar-refractivity contribution < 1.29 is 28.3 Å². The summed E-state index contributed by atoms with van der Waals surface area (Å²) < 4.78 is 20.3. The molecule has 1 aliphatic rings. The quantitative estimate of drug-likeness (QED) is 0.244. The van der Waals surface area contributed by atoms with Gasteiger partial charge in [0.15, 0.2) is 6.73 Å². The summed E-state index contributed by atoms with van der Waals surface area (Å²) in [5, 5.41) is 0.520. The molecule has 1 saturated heterocycles. The van der Waals surface area contributed by atoms with Gasteiger partial charge in [0, 0.05) is 44.3 Å². The van der Waals surface area contributed by atoms with E-state index in [1.54, 1.807) is 59.8 Å². The molecule has 0 unspecified atom stereocenters. The first-order valence-electron chi connectivity index (χ1n) is 13.1. The van der Waals surface area contributed by atoms with Crippen LogP contribution in [0.15, 0.2) is 48.7 Å². The Balaban J connectivity index is 1.57. The number of rotatable bonds is 8. The van der Waals surface area contributed by atoms with Crippen LogP contribution in [0.3, 0.4) is 0 Å². The zero-order valence-corrected chi connectivity index (χ0v) is 22.8. The van der Waals surface area contributed by atoms with Crippen molar-refractivity contribution in [2.45, 2.75) is 39.8 Å². The van der Waals surface area contributed by atoms with E-state index in [0.717, 1.165) is 24.8 Å². The van der Waals surface area contributed by atoms with E-state index in [1.165, 1.54) is 31.1 Å². The fourth-order valence-electron chi connectivity index (χ4n) is 4.81. The van der Waals surface area contributed by atoms with Crippen LogP contribution >= 0.6 is 0 Å². The molecule has 2 aromatic carbocycles. The number of likely N-dealkylation sites (tertiary alicyclic amines) is 1. The van der Waals surface area contributed by atoms with Gasteiger partial charge in [-0.05, 0) is 61.1 Å². The Bertz CT molecular complexity index is 1390. The average molecular weight is 536 g/mol. The molecule has 3 aromatic rings. The molecule has 4 rings (SSSR count). The lowest BCUT2D eigenvalue weighted by Crippen LogP contribution is -2.38. The maximum atomic E-state index is 13.7. The van der Waals surface area contributed by atoms with Gasteiger partial charge in [-0.25, -0.2) is 4.39 Å². The number of hydrogen-bond donors (Lipinski definition) is 0. The minimum atomic E-state index is -0.666. The van der Waals surface area contributed by atoms with E-state index in [0.29, 0.717) is 35.5 Å². The Morgan fingerprint density at radius 1 is 1.03 bits per heavy atom. The van der Waals surface area contributed by atoms with Crippen LogP contribution in [0, 0.1) is 17.7 Å². The molecule has 9 heteroatoms. The van der Waals surface area contributed by atoms with E-state index in [2.05, 4.69) is 0 Å². The summed E-state index contributed by atoms with van der Waals surface area (Å²) in [4.78, 5) is 53.8. The first-order valence-corrected chi connectivity index (χ1v) is 13.1. The summed E-state index contributed by atoms with van der Waals surface area (Å²) in [6.07, 6.45) is 4.10. The van der Waals surface area contributed by atoms with E-state index in [-0.39, 0.29) is 35.9 Å². The summed E-state index contributed by atoms with van der Waals surface area (Å²) in [6.45, 7) is 4.54. The molecule has 0 bridgehead atoms. The average Bonchev–Trinajstić information content (AvgIpc) is 3.29. The van der Waals surface area contributed by atoms with E-state index >= 15 is 0 Å². The number of likely N-dealkylation sites (N-methyl/N-ethyl adjacent to an activating group) is 1. The first-order chi connectivity index (χ1) is 18.5. The Morgan fingerprint density at radius 3 is 2.31 bits per heavy atom. The van der Waals surface area contributed by atoms with Gasteiger partial charge >= 0.3 is 5.97 Å². The van der Waals surface area contributed by atoms with Gasteiger partial charge in [0.05, 0.1) is 17.0 Å². The monoisotopic (exact) mass is 535 g/mol. The van der Waals surface area contributed by atoms with Gasteiger partial charge in [0.25, 0.3) is 11.8 Å². The van der Waals surface area contributed by atoms with Crippen molar-refractivity contribution in [3.63, 3.8) is 0 Å². The van der Waals surface area contributed by atoms with Crippen LogP contribution in [0.1, 0.15) is 53.0 Å². The third kappa shape index (κ3) is 6.35. The molecule has 0 radical (unpaired) electrons. The van der Waals surface area contributed by atoms with Crippen molar-refractivity contribution in [1.29, 1.82) is 0 Å². The van der Waals surface area contributed by atoms with Crippen molar-refractivity contribution in [3.8, 4) is 0 Å². The number of halogens is 1. The van der Waals surface area contributed by atoms with Crippen molar-refractivity contribution in [2.75, 3.05) is 27.2 Å². The molecular weight excluding hydrogens is 501 g/mol. The second-order valence-electron chi connectivity index (χ2n) is 10.6. The van der Waals surface area contributed by atoms with Crippen LogP contribution in [0.4, 0.5) is 4.39 Å². The zero-order valence-electron chi connectivity index (χ0n) is 22.8. The third-order valence-corrected chi connectivity index (χ3v) is 7.13. The molecule has 206 valence electrons. The number of ether oxygens (including phenoxy) is 1. The second-order valence-corrected chi connectivity index (χ2v) is 10.6. The van der Waals surface area contributed by atoms with Crippen LogP contribution in [0.2, 0.25) is 0 Å². The number of esters is 1. The summed E-state index contributed by atoms with van der Waals surface area (Å²) in [5.41, 5.74) is 2.26. The van der Waals surface area contributed by atoms with E-state index < -0.39 is 11.7 Å². The van der Waals surface area contributed by atoms with Gasteiger partial charge in [0.2, 0.25) is 5.78 Å². The molecule has 2 heterocycles. The molecule has 0 atom stereocenters. The zero-order chi connectivity index (χ0) is 28.3. The number of benzene rings is 2. The number of Topliss-reactive ketones (excluding diaryl/α,β-unsaturated/α-hetero) is 1. The predicted molar refractivity (Wildman–Crippen MR) is 145 cm³/mol. The molecule has 8 nitrogen and oxygen atoms in total. The van der Waals surface area contributed by atoms with Crippen LogP contribution < -0.4 is 0 Å². The van der Waals surface area contributed by atoms with Crippen LogP contribution in [-0.4, -0.2) is 65.1 Å². The summed E-state index contributed by atoms with van der Waals surface area (Å²) in [7, 11) is 3.01. The Morgan fingerprint density at radius 2 is 1.69 bits per heavy atom. The van der Waals surface area contributed by atoms with Gasteiger partial charge in [-0.3, -0.25) is 19.2 Å². The highest BCUT2D eigenvalue weighted by atomic mass is 19.1. The van der Waals surface area contributed by atoms with E-state index in [9.17, 15) is 23.6 Å². The lowest BCUT2D eigenvalue weighted by molar-refractivity contribution is -0.151. The van der Waals surface area contributed by atoms with Gasteiger partial charge in [-0.15, -0.1) is 0 Å². The fourth-order valence-corrected chi connectivity index (χ4v) is 4.81. The van der Waals surface area contributed by atoms with Crippen molar-refractivity contribution >= 4 is 34.5 Å². The van der Waals surface area contributed by atoms with E-state index in [4.69, 9.17) is 4.74 Å². The number of carbonyl (C=O) groups is 4. The Hall–Kier alpha value is -4.01. The number of aromatic nitrogens is 1. The first kappa shape index (κ1) is 28.0. The minimum Gasteiger partial charge on any atom is -0.444 e. The highest BCUT2D eigenvalue weighted by Gasteiger charge is 2.27. The van der Waals surface area contributed by atoms with Crippen LogP contribution in [-0.2, 0) is 27.5 Å². The summed E-state index contributed by atoms with van der Waals surface area (Å²) in [6, 6.07) is 11.3. The number of nitrogens with zero attached hydrogens (tertiary/aromatic N) is 3. The van der Waals surface area contributed by atoms with E-state index in [1.807, 2.05) is 0 Å². The summed E-state index contributed by atoms with van der Waals surface area (Å²) >= 11 is 0. The molecule has 39 heavy (non-hydrogen) atoms. The van der Waals surface area contributed by atoms with Crippen molar-refractivity contribution in [2.24, 2.45) is 11.8 Å². The smallest absolute Gasteiger partial charge is 0.310 e. The second kappa shape index (κ2) is 11.8. The molecule has 0 aliphatic carbocycles. The Kier molecular flexibility index (Phi) is 8.47. The topological polar surface area (TPSA) is 88.9 Å². The van der Waals surface area contributed by atoms with Crippen LogP contribution in [0.5, 0.6) is 0 Å². The highest BCUT2D eigenvalue weighted by Crippen LogP contribution is 2.28. The number of amides is 2. The number of fused-ring (bicyclic) bond motifs is 1. The van der Waals surface area contributed by atoms with Crippen LogP contribution in [0.25, 0.3) is 10.9 Å². The number of carbonyl (C=O) groups excluding carboxylic acids is 4. The standard InChI is InChI=1S/C30H34FN3O5/c1-19(2)30(38)39-18-34-17-25(24-16-22(7-10-26(24)34)27(35)29(37)32(3)4)28(36)33-13-11-21(12-14-33)15-20-5-8-23(31)9-6-20/h5-10,16-17,19,21H,11-15,18H2,1-4H3. The lowest BCUT2D eigenvalue weighted by atomic mass is 9.90. The van der Waals surface area contributed by atoms with Gasteiger partial charge in [-0.1, -0.05) is 26.0 Å². The minimum absolute atomic E-state index is 0.0789. The highest BCUT2D eigenvalue weighted by molar-refractivity contribution is 6.43. The maximum absolute atomic E-state index is 13.7. The number of ketones is 1. The number of piperidine rings is 1. The largest absolute Gasteiger partial charge is 0.444 e. The van der Waals surface area contributed by atoms with Crippen molar-refractivity contribution in [1.82, 2.24) is 14.4 Å².